The van der Waals surface area contributed by atoms with Gasteiger partial charge in [-0.15, -0.1) is 0 Å². The Kier molecular flexibility index (Phi) is 4.36. The van der Waals surface area contributed by atoms with Crippen molar-refractivity contribution in [3.05, 3.63) is 53.9 Å². The Morgan fingerprint density at radius 1 is 1.10 bits per heavy atom. The van der Waals surface area contributed by atoms with Crippen LogP contribution in [0.5, 0.6) is 0 Å². The fraction of sp³-hybridized carbons (Fsp3) is 0.300. The molecule has 1 unspecified atom stereocenters. The molecule has 3 aromatic rings. The van der Waals surface area contributed by atoms with Crippen molar-refractivity contribution in [1.82, 2.24) is 19.7 Å². The number of carbonyl (C=O) groups is 1. The number of nitrogen functional groups attached to an aromatic ring is 1. The number of amides is 1. The molecule has 0 spiro atoms. The zero-order chi connectivity index (χ0) is 19.8. The second-order valence-electron chi connectivity index (χ2n) is 7.08. The van der Waals surface area contributed by atoms with Crippen LogP contribution in [0.3, 0.4) is 0 Å². The van der Waals surface area contributed by atoms with E-state index in [1.54, 1.807) is 6.20 Å². The van der Waals surface area contributed by atoms with Crippen LogP contribution in [0.2, 0.25) is 0 Å². The SMILES string of the molecule is Nc1nc(N2CCOCC2)nc2c1C(c1ccnn1-c1ccccc1)CC(=O)N2. The molecule has 9 nitrogen and oxygen atoms in total. The van der Waals surface area contributed by atoms with Crippen LogP contribution in [0, 0.1) is 0 Å². The Labute approximate surface area is 167 Å². The van der Waals surface area contributed by atoms with Gasteiger partial charge in [-0.3, -0.25) is 4.79 Å². The molecule has 2 aliphatic rings. The van der Waals surface area contributed by atoms with Gasteiger partial charge in [0.25, 0.3) is 0 Å². The van der Waals surface area contributed by atoms with Gasteiger partial charge in [-0.1, -0.05) is 18.2 Å². The molecule has 0 radical (unpaired) electrons. The topological polar surface area (TPSA) is 111 Å². The van der Waals surface area contributed by atoms with Crippen molar-refractivity contribution in [2.45, 2.75) is 12.3 Å². The van der Waals surface area contributed by atoms with Crippen LogP contribution >= 0.6 is 0 Å². The molecule has 1 atom stereocenters. The van der Waals surface area contributed by atoms with Crippen molar-refractivity contribution in [1.29, 1.82) is 0 Å². The summed E-state index contributed by atoms with van der Waals surface area (Å²) >= 11 is 0. The van der Waals surface area contributed by atoms with Gasteiger partial charge < -0.3 is 20.7 Å². The van der Waals surface area contributed by atoms with Crippen LogP contribution in [-0.2, 0) is 9.53 Å². The highest BCUT2D eigenvalue weighted by Gasteiger charge is 2.33. The summed E-state index contributed by atoms with van der Waals surface area (Å²) in [5.74, 6) is 0.986. The van der Waals surface area contributed by atoms with Gasteiger partial charge >= 0.3 is 0 Å². The van der Waals surface area contributed by atoms with E-state index in [0.717, 1.165) is 16.9 Å². The Hall–Kier alpha value is -3.46. The van der Waals surface area contributed by atoms with Gasteiger partial charge in [0.15, 0.2) is 0 Å². The quantitative estimate of drug-likeness (QED) is 0.697. The van der Waals surface area contributed by atoms with Crippen molar-refractivity contribution in [3.63, 3.8) is 0 Å². The van der Waals surface area contributed by atoms with Crippen molar-refractivity contribution in [2.24, 2.45) is 0 Å². The lowest BCUT2D eigenvalue weighted by Gasteiger charge is -2.30. The second kappa shape index (κ2) is 7.17. The third kappa shape index (κ3) is 3.19. The molecule has 1 fully saturated rings. The van der Waals surface area contributed by atoms with E-state index in [2.05, 4.69) is 20.4 Å². The molecule has 29 heavy (non-hydrogen) atoms. The summed E-state index contributed by atoms with van der Waals surface area (Å²) in [5.41, 5.74) is 8.92. The largest absolute Gasteiger partial charge is 0.383 e. The lowest BCUT2D eigenvalue weighted by molar-refractivity contribution is -0.116. The summed E-state index contributed by atoms with van der Waals surface area (Å²) in [5, 5.41) is 7.34. The van der Waals surface area contributed by atoms with Crippen LogP contribution in [0.4, 0.5) is 17.6 Å². The number of rotatable bonds is 3. The average molecular weight is 391 g/mol. The van der Waals surface area contributed by atoms with E-state index >= 15 is 0 Å². The Bertz CT molecular complexity index is 1040. The predicted molar refractivity (Wildman–Crippen MR) is 108 cm³/mol. The number of nitrogens with two attached hydrogens (primary N) is 1. The number of hydrogen-bond donors (Lipinski definition) is 2. The van der Waals surface area contributed by atoms with Gasteiger partial charge in [0.1, 0.15) is 11.6 Å². The first-order chi connectivity index (χ1) is 14.2. The van der Waals surface area contributed by atoms with Crippen LogP contribution in [0.15, 0.2) is 42.6 Å². The highest BCUT2D eigenvalue weighted by Crippen LogP contribution is 2.40. The van der Waals surface area contributed by atoms with Gasteiger partial charge in [-0.2, -0.15) is 15.1 Å². The lowest BCUT2D eigenvalue weighted by atomic mass is 9.89. The van der Waals surface area contributed by atoms with E-state index in [9.17, 15) is 4.79 Å². The third-order valence-electron chi connectivity index (χ3n) is 5.28. The molecule has 2 aliphatic heterocycles. The minimum atomic E-state index is -0.278. The molecule has 4 heterocycles. The second-order valence-corrected chi connectivity index (χ2v) is 7.08. The van der Waals surface area contributed by atoms with Gasteiger partial charge in [-0.05, 0) is 18.2 Å². The first-order valence-corrected chi connectivity index (χ1v) is 9.60. The van der Waals surface area contributed by atoms with Crippen LogP contribution < -0.4 is 16.0 Å². The van der Waals surface area contributed by atoms with Gasteiger partial charge in [0, 0.05) is 37.2 Å². The number of benzene rings is 1. The van der Waals surface area contributed by atoms with E-state index in [-0.39, 0.29) is 18.2 Å². The minimum absolute atomic E-state index is 0.102. The standard InChI is InChI=1S/C20H21N7O2/c21-18-17-14(15-6-7-22-27(15)13-4-2-1-3-5-13)12-16(28)23-19(17)25-20(24-18)26-8-10-29-11-9-26/h1-7,14H,8-12H2,(H3,21,23,24,25,28). The predicted octanol–water partition coefficient (Wildman–Crippen LogP) is 1.56. The van der Waals surface area contributed by atoms with Gasteiger partial charge in [0.05, 0.1) is 24.6 Å². The summed E-state index contributed by atoms with van der Waals surface area (Å²) in [6.45, 7) is 2.62. The van der Waals surface area contributed by atoms with Crippen LogP contribution in [0.25, 0.3) is 5.69 Å². The zero-order valence-corrected chi connectivity index (χ0v) is 15.8. The molecule has 1 aromatic carbocycles. The van der Waals surface area contributed by atoms with Crippen molar-refractivity contribution in [3.8, 4) is 5.69 Å². The lowest BCUT2D eigenvalue weighted by Crippen LogP contribution is -2.38. The van der Waals surface area contributed by atoms with Crippen molar-refractivity contribution in [2.75, 3.05) is 42.3 Å². The molecular formula is C20H21N7O2. The Morgan fingerprint density at radius 3 is 2.69 bits per heavy atom. The molecule has 3 N–H and O–H groups in total. The van der Waals surface area contributed by atoms with Crippen molar-refractivity contribution < 1.29 is 9.53 Å². The normalized spacial score (nSPS) is 19.0. The van der Waals surface area contributed by atoms with E-state index in [4.69, 9.17) is 10.5 Å². The molecule has 0 bridgehead atoms. The van der Waals surface area contributed by atoms with Crippen molar-refractivity contribution >= 4 is 23.5 Å². The summed E-state index contributed by atoms with van der Waals surface area (Å²) in [7, 11) is 0. The maximum absolute atomic E-state index is 12.5. The first kappa shape index (κ1) is 17.6. The van der Waals surface area contributed by atoms with Gasteiger partial charge in [-0.25, -0.2) is 4.68 Å². The average Bonchev–Trinajstić information content (AvgIpc) is 3.24. The van der Waals surface area contributed by atoms with E-state index in [0.29, 0.717) is 43.9 Å². The molecular weight excluding hydrogens is 370 g/mol. The summed E-state index contributed by atoms with van der Waals surface area (Å²) in [4.78, 5) is 23.7. The highest BCUT2D eigenvalue weighted by molar-refractivity contribution is 5.95. The number of fused-ring (bicyclic) bond motifs is 1. The number of ether oxygens (including phenoxy) is 1. The minimum Gasteiger partial charge on any atom is -0.383 e. The molecule has 1 amide bonds. The number of anilines is 3. The first-order valence-electron chi connectivity index (χ1n) is 9.60. The number of carbonyl (C=O) groups excluding carboxylic acids is 1. The number of nitrogens with one attached hydrogen (secondary N) is 1. The summed E-state index contributed by atoms with van der Waals surface area (Å²) < 4.78 is 7.23. The number of hydrogen-bond acceptors (Lipinski definition) is 7. The fourth-order valence-electron chi connectivity index (χ4n) is 3.90. The number of aromatic nitrogens is 4. The van der Waals surface area contributed by atoms with Gasteiger partial charge in [0.2, 0.25) is 11.9 Å². The molecule has 0 saturated carbocycles. The molecule has 0 aliphatic carbocycles. The van der Waals surface area contributed by atoms with Crippen LogP contribution in [0.1, 0.15) is 23.6 Å². The molecule has 1 saturated heterocycles. The number of nitrogens with zero attached hydrogens (tertiary/aromatic N) is 5. The molecule has 148 valence electrons. The Morgan fingerprint density at radius 2 is 1.90 bits per heavy atom. The van der Waals surface area contributed by atoms with E-state index < -0.39 is 0 Å². The fourth-order valence-corrected chi connectivity index (χ4v) is 3.90. The maximum atomic E-state index is 12.5. The van der Waals surface area contributed by atoms with E-state index in [1.165, 1.54) is 0 Å². The highest BCUT2D eigenvalue weighted by atomic mass is 16.5. The maximum Gasteiger partial charge on any atom is 0.229 e. The summed E-state index contributed by atoms with van der Waals surface area (Å²) in [6.07, 6.45) is 1.99. The molecule has 9 heteroatoms. The van der Waals surface area contributed by atoms with E-state index in [1.807, 2.05) is 46.0 Å². The Balaban J connectivity index is 1.58. The summed E-state index contributed by atoms with van der Waals surface area (Å²) in [6, 6.07) is 11.7. The molecule has 2 aromatic heterocycles. The third-order valence-corrected chi connectivity index (χ3v) is 5.28. The zero-order valence-electron chi connectivity index (χ0n) is 15.8. The number of para-hydroxylation sites is 1. The smallest absolute Gasteiger partial charge is 0.229 e. The number of morpholine rings is 1. The van der Waals surface area contributed by atoms with Crippen LogP contribution in [-0.4, -0.2) is 52.0 Å². The molecule has 5 rings (SSSR count). The monoisotopic (exact) mass is 391 g/mol.